The topological polar surface area (TPSA) is 67.3 Å². The number of aromatic nitrogens is 2. The van der Waals surface area contributed by atoms with Gasteiger partial charge in [-0.3, -0.25) is 9.36 Å². The molecule has 8 heteroatoms. The molecule has 0 atom stereocenters. The molecule has 0 saturated carbocycles. The van der Waals surface area contributed by atoms with Crippen molar-refractivity contribution in [2.45, 2.75) is 26.4 Å². The van der Waals surface area contributed by atoms with E-state index in [1.807, 2.05) is 64.0 Å². The van der Waals surface area contributed by atoms with Crippen LogP contribution in [0, 0.1) is 0 Å². The molecule has 36 heavy (non-hydrogen) atoms. The molecule has 0 aliphatic carbocycles. The molecule has 186 valence electrons. The second-order valence-corrected chi connectivity index (χ2v) is 10.4. The molecule has 0 radical (unpaired) electrons. The van der Waals surface area contributed by atoms with Crippen molar-refractivity contribution in [1.82, 2.24) is 9.55 Å². The molecular weight excluding hydrogens is 497 g/mol. The Kier molecular flexibility index (Phi) is 7.03. The molecule has 2 heterocycles. The summed E-state index contributed by atoms with van der Waals surface area (Å²) in [7, 11) is 3.71. The number of aromatic amines is 1. The number of hydrogen-bond acceptors (Lipinski definition) is 4. The number of rotatable bonds is 5. The fourth-order valence-corrected chi connectivity index (χ4v) is 4.66. The van der Waals surface area contributed by atoms with Crippen LogP contribution in [0.3, 0.4) is 0 Å². The number of fused-ring (bicyclic) bond motifs is 1. The van der Waals surface area contributed by atoms with Crippen molar-refractivity contribution in [2.75, 3.05) is 19.0 Å². The van der Waals surface area contributed by atoms with Gasteiger partial charge in [-0.05, 0) is 56.7 Å². The molecule has 0 saturated heterocycles. The first-order valence-electron chi connectivity index (χ1n) is 11.4. The number of carbonyl (C=O) groups is 2. The minimum atomic E-state index is -0.577. The molecule has 1 N–H and O–H groups in total. The summed E-state index contributed by atoms with van der Waals surface area (Å²) < 4.78 is 6.95. The number of anilines is 1. The highest BCUT2D eigenvalue weighted by molar-refractivity contribution is 6.39. The average molecular weight is 524 g/mol. The summed E-state index contributed by atoms with van der Waals surface area (Å²) in [5, 5.41) is 1.73. The number of hydrogen-bond donors (Lipinski definition) is 1. The van der Waals surface area contributed by atoms with E-state index in [9.17, 15) is 9.59 Å². The molecule has 0 amide bonds. The van der Waals surface area contributed by atoms with E-state index in [1.54, 1.807) is 41.2 Å². The van der Waals surface area contributed by atoms with Gasteiger partial charge in [0.05, 0.1) is 11.1 Å². The molecule has 2 aromatic carbocycles. The molecule has 2 aromatic heterocycles. The highest BCUT2D eigenvalue weighted by Gasteiger charge is 2.26. The normalized spacial score (nSPS) is 11.9. The van der Waals surface area contributed by atoms with Gasteiger partial charge in [-0.2, -0.15) is 0 Å². The standard InChI is InChI=1S/C28H27Cl2N3O3/c1-28(2,3)36-23(34)13-12-17-8-6-11-22-18(17)14-15-33(22)27(35)25-19(16-31-26(25)32(4)5)24-20(29)9-7-10-21(24)30/h6-16,31H,1-5H3/b13-12+. The van der Waals surface area contributed by atoms with E-state index in [-0.39, 0.29) is 5.91 Å². The van der Waals surface area contributed by atoms with E-state index < -0.39 is 11.6 Å². The first-order valence-corrected chi connectivity index (χ1v) is 12.1. The van der Waals surface area contributed by atoms with Crippen molar-refractivity contribution in [3.63, 3.8) is 0 Å². The van der Waals surface area contributed by atoms with Gasteiger partial charge in [0.25, 0.3) is 5.91 Å². The van der Waals surface area contributed by atoms with Gasteiger partial charge in [0.15, 0.2) is 0 Å². The number of halogens is 2. The van der Waals surface area contributed by atoms with Crippen LogP contribution < -0.4 is 4.90 Å². The molecule has 6 nitrogen and oxygen atoms in total. The number of carbonyl (C=O) groups excluding carboxylic acids is 2. The van der Waals surface area contributed by atoms with Crippen molar-refractivity contribution < 1.29 is 14.3 Å². The summed E-state index contributed by atoms with van der Waals surface area (Å²) in [6.07, 6.45) is 6.56. The molecule has 0 fully saturated rings. The summed E-state index contributed by atoms with van der Waals surface area (Å²) in [6.45, 7) is 5.45. The van der Waals surface area contributed by atoms with Crippen LogP contribution in [0.25, 0.3) is 28.1 Å². The molecule has 0 aliphatic heterocycles. The Balaban J connectivity index is 1.80. The SMILES string of the molecule is CN(C)c1[nH]cc(-c2c(Cl)cccc2Cl)c1C(=O)n1ccc2c(/C=C/C(=O)OC(C)(C)C)cccc21. The Morgan fingerprint density at radius 3 is 2.33 bits per heavy atom. The molecular formula is C28H27Cl2N3O3. The van der Waals surface area contributed by atoms with E-state index in [4.69, 9.17) is 27.9 Å². The lowest BCUT2D eigenvalue weighted by Crippen LogP contribution is -2.22. The summed E-state index contributed by atoms with van der Waals surface area (Å²) >= 11 is 13.0. The predicted octanol–water partition coefficient (Wildman–Crippen LogP) is 7.05. The Morgan fingerprint density at radius 1 is 1.03 bits per heavy atom. The predicted molar refractivity (Wildman–Crippen MR) is 147 cm³/mol. The van der Waals surface area contributed by atoms with Gasteiger partial charge in [-0.25, -0.2) is 4.79 Å². The van der Waals surface area contributed by atoms with Gasteiger partial charge >= 0.3 is 5.97 Å². The van der Waals surface area contributed by atoms with Gasteiger partial charge in [-0.15, -0.1) is 0 Å². The Morgan fingerprint density at radius 2 is 1.69 bits per heavy atom. The fourth-order valence-electron chi connectivity index (χ4n) is 4.06. The van der Waals surface area contributed by atoms with Crippen LogP contribution in [-0.2, 0) is 9.53 Å². The third-order valence-corrected chi connectivity index (χ3v) is 6.17. The third kappa shape index (κ3) is 5.06. The van der Waals surface area contributed by atoms with Crippen molar-refractivity contribution in [1.29, 1.82) is 0 Å². The van der Waals surface area contributed by atoms with Crippen LogP contribution in [0.15, 0.2) is 60.9 Å². The second kappa shape index (κ2) is 9.88. The molecule has 0 bridgehead atoms. The van der Waals surface area contributed by atoms with Crippen molar-refractivity contribution in [3.8, 4) is 11.1 Å². The Hall–Kier alpha value is -3.48. The average Bonchev–Trinajstić information content (AvgIpc) is 3.41. The first-order chi connectivity index (χ1) is 17.0. The van der Waals surface area contributed by atoms with E-state index >= 15 is 0 Å². The van der Waals surface area contributed by atoms with Crippen molar-refractivity contribution in [3.05, 3.63) is 82.1 Å². The van der Waals surface area contributed by atoms with E-state index in [0.717, 1.165) is 10.9 Å². The zero-order valence-corrected chi connectivity index (χ0v) is 22.2. The number of ether oxygens (including phenoxy) is 1. The maximum Gasteiger partial charge on any atom is 0.331 e. The van der Waals surface area contributed by atoms with Gasteiger partial charge in [0, 0.05) is 59.1 Å². The van der Waals surface area contributed by atoms with E-state index in [2.05, 4.69) is 4.98 Å². The van der Waals surface area contributed by atoms with Crippen LogP contribution in [0.4, 0.5) is 5.82 Å². The number of esters is 1. The molecule has 0 aliphatic rings. The number of nitrogens with zero attached hydrogens (tertiary/aromatic N) is 2. The van der Waals surface area contributed by atoms with Crippen LogP contribution in [-0.4, -0.2) is 41.1 Å². The Bertz CT molecular complexity index is 1470. The second-order valence-electron chi connectivity index (χ2n) is 9.55. The van der Waals surface area contributed by atoms with E-state index in [1.165, 1.54) is 6.08 Å². The van der Waals surface area contributed by atoms with Crippen molar-refractivity contribution in [2.24, 2.45) is 0 Å². The summed E-state index contributed by atoms with van der Waals surface area (Å²) in [6, 6.07) is 12.7. The molecule has 0 unspecified atom stereocenters. The van der Waals surface area contributed by atoms with Gasteiger partial charge in [-0.1, -0.05) is 41.4 Å². The molecule has 4 aromatic rings. The zero-order valence-electron chi connectivity index (χ0n) is 20.7. The third-order valence-electron chi connectivity index (χ3n) is 5.54. The Labute approximate surface area is 220 Å². The smallest absolute Gasteiger partial charge is 0.331 e. The van der Waals surface area contributed by atoms with Crippen LogP contribution >= 0.6 is 23.2 Å². The largest absolute Gasteiger partial charge is 0.457 e. The zero-order chi connectivity index (χ0) is 26.2. The highest BCUT2D eigenvalue weighted by Crippen LogP contribution is 2.40. The maximum absolute atomic E-state index is 14.0. The lowest BCUT2D eigenvalue weighted by Gasteiger charge is -2.17. The first kappa shape index (κ1) is 25.6. The summed E-state index contributed by atoms with van der Waals surface area (Å²) in [5.41, 5.74) is 2.57. The number of H-pyrrole nitrogens is 1. The number of nitrogens with one attached hydrogen (secondary N) is 1. The number of benzene rings is 2. The van der Waals surface area contributed by atoms with Gasteiger partial charge < -0.3 is 14.6 Å². The van der Waals surface area contributed by atoms with Gasteiger partial charge in [0.2, 0.25) is 0 Å². The maximum atomic E-state index is 14.0. The van der Waals surface area contributed by atoms with E-state index in [0.29, 0.717) is 38.1 Å². The van der Waals surface area contributed by atoms with Crippen molar-refractivity contribution >= 4 is 57.9 Å². The monoisotopic (exact) mass is 523 g/mol. The lowest BCUT2D eigenvalue weighted by atomic mass is 10.0. The minimum absolute atomic E-state index is 0.241. The minimum Gasteiger partial charge on any atom is -0.457 e. The lowest BCUT2D eigenvalue weighted by molar-refractivity contribution is -0.148. The van der Waals surface area contributed by atoms with Gasteiger partial charge in [0.1, 0.15) is 11.4 Å². The quantitative estimate of drug-likeness (QED) is 0.224. The molecule has 4 rings (SSSR count). The van der Waals surface area contributed by atoms with Crippen LogP contribution in [0.2, 0.25) is 10.0 Å². The highest BCUT2D eigenvalue weighted by atomic mass is 35.5. The van der Waals surface area contributed by atoms with Crippen LogP contribution in [0.1, 0.15) is 36.7 Å². The molecule has 0 spiro atoms. The fraction of sp³-hybridized carbons (Fsp3) is 0.214. The van der Waals surface area contributed by atoms with Crippen LogP contribution in [0.5, 0.6) is 0 Å². The summed E-state index contributed by atoms with van der Waals surface area (Å²) in [4.78, 5) is 31.2. The summed E-state index contributed by atoms with van der Waals surface area (Å²) in [5.74, 6) is -0.0396.